The first-order chi connectivity index (χ1) is 14.9. The van der Waals surface area contributed by atoms with Crippen LogP contribution in [0.25, 0.3) is 0 Å². The van der Waals surface area contributed by atoms with Crippen LogP contribution >= 0.6 is 11.6 Å². The summed E-state index contributed by atoms with van der Waals surface area (Å²) in [7, 11) is 0. The summed E-state index contributed by atoms with van der Waals surface area (Å²) < 4.78 is 18.0. The largest absolute Gasteiger partial charge is 0.483 e. The molecule has 2 bridgehead atoms. The summed E-state index contributed by atoms with van der Waals surface area (Å²) in [6.07, 6.45) is 4.66. The molecule has 0 unspecified atom stereocenters. The molecule has 4 aliphatic heterocycles. The van der Waals surface area contributed by atoms with Crippen molar-refractivity contribution in [2.45, 2.75) is 68.7 Å². The van der Waals surface area contributed by atoms with Crippen LogP contribution in [0.2, 0.25) is 5.02 Å². The predicted molar refractivity (Wildman–Crippen MR) is 114 cm³/mol. The van der Waals surface area contributed by atoms with Gasteiger partial charge in [-0.2, -0.15) is 0 Å². The Bertz CT molecular complexity index is 872. The number of morpholine rings is 1. The van der Waals surface area contributed by atoms with Gasteiger partial charge in [-0.05, 0) is 68.7 Å². The fourth-order valence-corrected chi connectivity index (χ4v) is 6.09. The Balaban J connectivity index is 1.48. The lowest BCUT2D eigenvalue weighted by Gasteiger charge is -2.41. The number of nitrogens with zero attached hydrogens (tertiary/aromatic N) is 1. The molecule has 1 aromatic carbocycles. The molecule has 1 aromatic rings. The third-order valence-electron chi connectivity index (χ3n) is 7.30. The third kappa shape index (κ3) is 3.92. The Morgan fingerprint density at radius 1 is 1.16 bits per heavy atom. The van der Waals surface area contributed by atoms with Crippen LogP contribution in [0, 0.1) is 0 Å². The zero-order chi connectivity index (χ0) is 21.6. The molecule has 168 valence electrons. The van der Waals surface area contributed by atoms with E-state index < -0.39 is 5.54 Å². The molecule has 8 heteroatoms. The first-order valence-electron chi connectivity index (χ1n) is 11.2. The van der Waals surface area contributed by atoms with Crippen molar-refractivity contribution >= 4 is 23.4 Å². The molecular weight excluding hydrogens is 420 g/mol. The van der Waals surface area contributed by atoms with Gasteiger partial charge in [-0.1, -0.05) is 11.6 Å². The summed E-state index contributed by atoms with van der Waals surface area (Å²) in [5.74, 6) is 0.831. The summed E-state index contributed by atoms with van der Waals surface area (Å²) in [5.41, 5.74) is 0.459. The van der Waals surface area contributed by atoms with Crippen molar-refractivity contribution in [2.24, 2.45) is 0 Å². The molecule has 1 aliphatic carbocycles. The first kappa shape index (κ1) is 21.0. The summed E-state index contributed by atoms with van der Waals surface area (Å²) in [5, 5.41) is 3.82. The SMILES string of the molecule is C[C@@H]1C[C@@]2(COCC(=O)N2)[C@@H]2COC3CCC(CC3)c3cc(Cl)ccc3OCC(=O)N12. The fraction of sp³-hybridized carbons (Fsp3) is 0.652. The maximum absolute atomic E-state index is 13.3. The molecule has 6 rings (SSSR count). The number of rotatable bonds is 0. The highest BCUT2D eigenvalue weighted by atomic mass is 35.5. The van der Waals surface area contributed by atoms with E-state index in [0.717, 1.165) is 37.0 Å². The van der Waals surface area contributed by atoms with Crippen molar-refractivity contribution in [3.05, 3.63) is 28.8 Å². The van der Waals surface area contributed by atoms with Crippen LogP contribution in [-0.4, -0.2) is 66.9 Å². The van der Waals surface area contributed by atoms with E-state index in [0.29, 0.717) is 30.6 Å². The predicted octanol–water partition coefficient (Wildman–Crippen LogP) is 2.65. The highest BCUT2D eigenvalue weighted by Crippen LogP contribution is 2.41. The van der Waals surface area contributed by atoms with Gasteiger partial charge in [-0.3, -0.25) is 9.59 Å². The van der Waals surface area contributed by atoms with Crippen LogP contribution in [0.3, 0.4) is 0 Å². The van der Waals surface area contributed by atoms with Crippen LogP contribution in [-0.2, 0) is 19.1 Å². The molecule has 3 fully saturated rings. The third-order valence-corrected chi connectivity index (χ3v) is 7.54. The molecule has 3 atom stereocenters. The Morgan fingerprint density at radius 3 is 2.74 bits per heavy atom. The molecule has 31 heavy (non-hydrogen) atoms. The molecule has 2 saturated heterocycles. The molecule has 4 heterocycles. The van der Waals surface area contributed by atoms with Crippen molar-refractivity contribution < 1.29 is 23.8 Å². The van der Waals surface area contributed by atoms with E-state index in [2.05, 4.69) is 5.32 Å². The lowest BCUT2D eigenvalue weighted by molar-refractivity contribution is -0.145. The van der Waals surface area contributed by atoms with Crippen molar-refractivity contribution in [2.75, 3.05) is 26.4 Å². The molecular formula is C23H29ClN2O5. The number of nitrogens with one attached hydrogen (secondary N) is 1. The molecule has 7 nitrogen and oxygen atoms in total. The van der Waals surface area contributed by atoms with E-state index in [-0.39, 0.29) is 43.2 Å². The molecule has 0 aromatic heterocycles. The first-order valence-corrected chi connectivity index (χ1v) is 11.6. The summed E-state index contributed by atoms with van der Waals surface area (Å²) in [4.78, 5) is 27.4. The molecule has 5 aliphatic rings. The topological polar surface area (TPSA) is 77.1 Å². The van der Waals surface area contributed by atoms with Gasteiger partial charge >= 0.3 is 0 Å². The number of benzene rings is 1. The van der Waals surface area contributed by atoms with Gasteiger partial charge in [0.1, 0.15) is 12.4 Å². The van der Waals surface area contributed by atoms with Crippen LogP contribution in [0.1, 0.15) is 50.5 Å². The Hall–Kier alpha value is -1.83. The fourth-order valence-electron chi connectivity index (χ4n) is 5.91. The van der Waals surface area contributed by atoms with E-state index in [9.17, 15) is 9.59 Å². The Kier molecular flexibility index (Phi) is 5.61. The summed E-state index contributed by atoms with van der Waals surface area (Å²) >= 11 is 6.28. The number of carbonyl (C=O) groups is 2. The molecule has 1 N–H and O–H groups in total. The van der Waals surface area contributed by atoms with Crippen molar-refractivity contribution in [3.63, 3.8) is 0 Å². The van der Waals surface area contributed by atoms with E-state index in [1.54, 1.807) is 0 Å². The van der Waals surface area contributed by atoms with Crippen molar-refractivity contribution in [1.29, 1.82) is 0 Å². The monoisotopic (exact) mass is 448 g/mol. The Labute approximate surface area is 187 Å². The highest BCUT2D eigenvalue weighted by molar-refractivity contribution is 6.30. The number of ether oxygens (including phenoxy) is 3. The van der Waals surface area contributed by atoms with Gasteiger partial charge < -0.3 is 24.4 Å². The van der Waals surface area contributed by atoms with Crippen LogP contribution in [0.15, 0.2) is 18.2 Å². The lowest BCUT2D eigenvalue weighted by atomic mass is 9.82. The molecule has 1 saturated carbocycles. The zero-order valence-electron chi connectivity index (χ0n) is 17.8. The van der Waals surface area contributed by atoms with Crippen LogP contribution in [0.5, 0.6) is 5.75 Å². The van der Waals surface area contributed by atoms with E-state index in [1.807, 2.05) is 30.0 Å². The number of hydrogen-bond donors (Lipinski definition) is 1. The van der Waals surface area contributed by atoms with Gasteiger partial charge in [0, 0.05) is 11.1 Å². The maximum atomic E-state index is 13.3. The molecule has 1 spiro atoms. The number of amides is 2. The maximum Gasteiger partial charge on any atom is 0.261 e. The van der Waals surface area contributed by atoms with Crippen molar-refractivity contribution in [1.82, 2.24) is 10.2 Å². The average Bonchev–Trinajstić information content (AvgIpc) is 3.01. The van der Waals surface area contributed by atoms with Crippen LogP contribution in [0.4, 0.5) is 0 Å². The summed E-state index contributed by atoms with van der Waals surface area (Å²) in [6, 6.07) is 5.30. The summed E-state index contributed by atoms with van der Waals surface area (Å²) in [6.45, 7) is 2.78. The van der Waals surface area contributed by atoms with Gasteiger partial charge in [0.2, 0.25) is 5.91 Å². The lowest BCUT2D eigenvalue weighted by Crippen LogP contribution is -2.65. The number of halogens is 1. The number of hydrogen-bond acceptors (Lipinski definition) is 5. The van der Waals surface area contributed by atoms with Gasteiger partial charge in [0.15, 0.2) is 6.61 Å². The van der Waals surface area contributed by atoms with Gasteiger partial charge in [-0.15, -0.1) is 0 Å². The second kappa shape index (κ2) is 8.26. The van der Waals surface area contributed by atoms with Crippen LogP contribution < -0.4 is 10.1 Å². The highest BCUT2D eigenvalue weighted by Gasteiger charge is 2.55. The normalized spacial score (nSPS) is 36.0. The standard InChI is InChI=1S/C23H29ClN2O5/c1-14-9-23(13-29-11-21(27)25-23)20-10-30-17-5-2-15(3-6-17)18-8-16(24)4-7-19(18)31-12-22(28)26(14)20/h4,7-8,14-15,17,20H,2-3,5-6,9-13H2,1H3,(H,25,27)/t14-,15?,17?,20+,23-/m1/s1. The van der Waals surface area contributed by atoms with E-state index >= 15 is 0 Å². The second-order valence-electron chi connectivity index (χ2n) is 9.34. The van der Waals surface area contributed by atoms with E-state index in [1.165, 1.54) is 0 Å². The van der Waals surface area contributed by atoms with Gasteiger partial charge in [0.25, 0.3) is 5.91 Å². The molecule has 2 amide bonds. The minimum atomic E-state index is -0.618. The average molecular weight is 449 g/mol. The number of carbonyl (C=O) groups excluding carboxylic acids is 2. The minimum Gasteiger partial charge on any atom is -0.483 e. The van der Waals surface area contributed by atoms with E-state index in [4.69, 9.17) is 25.8 Å². The number of fused-ring (bicyclic) bond motifs is 5. The van der Waals surface area contributed by atoms with Gasteiger partial charge in [-0.25, -0.2) is 0 Å². The zero-order valence-corrected chi connectivity index (χ0v) is 18.5. The minimum absolute atomic E-state index is 0.0576. The second-order valence-corrected chi connectivity index (χ2v) is 9.78. The Morgan fingerprint density at radius 2 is 1.97 bits per heavy atom. The molecule has 0 radical (unpaired) electrons. The van der Waals surface area contributed by atoms with Gasteiger partial charge in [0.05, 0.1) is 30.9 Å². The van der Waals surface area contributed by atoms with Crippen molar-refractivity contribution in [3.8, 4) is 5.75 Å². The quantitative estimate of drug-likeness (QED) is 0.660. The smallest absolute Gasteiger partial charge is 0.261 e.